The van der Waals surface area contributed by atoms with E-state index in [1.165, 1.54) is 64.2 Å². The fraction of sp³-hybridized carbons (Fsp3) is 1.00. The van der Waals surface area contributed by atoms with E-state index in [-0.39, 0.29) is 11.0 Å². The largest absolute Gasteiger partial charge is 0.126 e. The molecular weight excluding hydrogens is 232 g/mol. The first-order chi connectivity index (χ1) is 7.42. The van der Waals surface area contributed by atoms with Crippen molar-refractivity contribution in [1.82, 2.24) is 0 Å². The van der Waals surface area contributed by atoms with Crippen LogP contribution in [-0.2, 0) is 0 Å². The fourth-order valence-electron chi connectivity index (χ4n) is 3.76. The summed E-state index contributed by atoms with van der Waals surface area (Å²) in [5, 5.41) is 0. The van der Waals surface area contributed by atoms with Crippen LogP contribution in [0.25, 0.3) is 0 Å². The molecule has 2 heteroatoms. The Morgan fingerprint density at radius 3 is 1.44 bits per heavy atom. The Morgan fingerprint density at radius 1 is 0.750 bits per heavy atom. The number of alkyl halides is 1. The van der Waals surface area contributed by atoms with Crippen molar-refractivity contribution in [2.45, 2.75) is 64.2 Å². The lowest BCUT2D eigenvalue weighted by Crippen LogP contribution is -2.28. The Hall–Kier alpha value is 0.507. The third kappa shape index (κ3) is 3.77. The van der Waals surface area contributed by atoms with Gasteiger partial charge in [-0.1, -0.05) is 64.2 Å². The van der Waals surface area contributed by atoms with Gasteiger partial charge in [0.2, 0.25) is 0 Å². The van der Waals surface area contributed by atoms with Crippen molar-refractivity contribution in [2.75, 3.05) is 5.88 Å². The van der Waals surface area contributed by atoms with Crippen LogP contribution < -0.4 is 0 Å². The highest BCUT2D eigenvalue weighted by molar-refractivity contribution is 6.18. The van der Waals surface area contributed by atoms with Crippen molar-refractivity contribution in [3.05, 3.63) is 0 Å². The Morgan fingerprint density at radius 2 is 1.12 bits per heavy atom. The second kappa shape index (κ2) is 7.76. The standard InChI is InChI=1S/C14H25Cl.H4Si/c15-11-14(12-7-3-1-4-8-12)13-9-5-2-6-10-13;/h12-14H,1-11H2;1H4. The van der Waals surface area contributed by atoms with Gasteiger partial charge in [0, 0.05) is 5.88 Å². The molecule has 0 aliphatic heterocycles. The van der Waals surface area contributed by atoms with Gasteiger partial charge in [-0.3, -0.25) is 0 Å². The molecule has 0 bridgehead atoms. The van der Waals surface area contributed by atoms with Gasteiger partial charge in [0.1, 0.15) is 0 Å². The third-order valence-corrected chi connectivity index (χ3v) is 5.05. The first-order valence-corrected chi connectivity index (χ1v) is 7.51. The molecule has 0 heterocycles. The molecule has 0 N–H and O–H groups in total. The zero-order chi connectivity index (χ0) is 10.5. The van der Waals surface area contributed by atoms with Gasteiger partial charge in [0.25, 0.3) is 0 Å². The van der Waals surface area contributed by atoms with Crippen LogP contribution in [0.4, 0.5) is 0 Å². The normalized spacial score (nSPS) is 24.4. The summed E-state index contributed by atoms with van der Waals surface area (Å²) in [7, 11) is 0. The summed E-state index contributed by atoms with van der Waals surface area (Å²) < 4.78 is 0. The Bertz CT molecular complexity index is 154. The molecule has 0 unspecified atom stereocenters. The average Bonchev–Trinajstić information content (AvgIpc) is 2.33. The van der Waals surface area contributed by atoms with Crippen molar-refractivity contribution in [3.63, 3.8) is 0 Å². The maximum atomic E-state index is 6.23. The highest BCUT2D eigenvalue weighted by Crippen LogP contribution is 2.40. The van der Waals surface area contributed by atoms with E-state index in [1.54, 1.807) is 0 Å². The Labute approximate surface area is 111 Å². The molecule has 0 aromatic heterocycles. The summed E-state index contributed by atoms with van der Waals surface area (Å²) in [4.78, 5) is 0. The monoisotopic (exact) mass is 260 g/mol. The number of halogens is 1. The molecule has 2 aliphatic rings. The molecule has 2 rings (SSSR count). The first kappa shape index (κ1) is 14.6. The number of hydrogen-bond acceptors (Lipinski definition) is 0. The maximum Gasteiger partial charge on any atom is 0.0257 e. The third-order valence-electron chi connectivity index (χ3n) is 4.69. The summed E-state index contributed by atoms with van der Waals surface area (Å²) in [6.45, 7) is 0. The van der Waals surface area contributed by atoms with Crippen LogP contribution in [-0.4, -0.2) is 16.8 Å². The minimum Gasteiger partial charge on any atom is -0.126 e. The molecule has 16 heavy (non-hydrogen) atoms. The topological polar surface area (TPSA) is 0 Å². The summed E-state index contributed by atoms with van der Waals surface area (Å²) in [5.41, 5.74) is 0. The summed E-state index contributed by atoms with van der Waals surface area (Å²) in [6, 6.07) is 0. The van der Waals surface area contributed by atoms with Crippen LogP contribution in [0.1, 0.15) is 64.2 Å². The van der Waals surface area contributed by atoms with Crippen molar-refractivity contribution < 1.29 is 0 Å². The van der Waals surface area contributed by atoms with Crippen LogP contribution in [0.15, 0.2) is 0 Å². The molecular formula is C14H29ClSi. The van der Waals surface area contributed by atoms with Gasteiger partial charge < -0.3 is 0 Å². The molecule has 0 nitrogen and oxygen atoms in total. The molecule has 0 saturated heterocycles. The van der Waals surface area contributed by atoms with E-state index in [4.69, 9.17) is 11.6 Å². The summed E-state index contributed by atoms with van der Waals surface area (Å²) >= 11 is 6.23. The van der Waals surface area contributed by atoms with E-state index in [2.05, 4.69) is 0 Å². The van der Waals surface area contributed by atoms with Crippen LogP contribution in [0, 0.1) is 17.8 Å². The molecule has 0 aromatic rings. The van der Waals surface area contributed by atoms with Crippen molar-refractivity contribution in [1.29, 1.82) is 0 Å². The molecule has 0 aromatic carbocycles. The molecule has 0 spiro atoms. The highest BCUT2D eigenvalue weighted by Gasteiger charge is 2.30. The SMILES string of the molecule is ClCC(C1CCCCC1)C1CCCCC1.[SiH4]. The summed E-state index contributed by atoms with van der Waals surface area (Å²) in [5.74, 6) is 3.72. The lowest BCUT2D eigenvalue weighted by molar-refractivity contribution is 0.162. The lowest BCUT2D eigenvalue weighted by Gasteiger charge is -2.36. The van der Waals surface area contributed by atoms with Crippen LogP contribution in [0.2, 0.25) is 0 Å². The molecule has 0 amide bonds. The van der Waals surface area contributed by atoms with Crippen LogP contribution >= 0.6 is 11.6 Å². The minimum absolute atomic E-state index is 0. The van der Waals surface area contributed by atoms with Gasteiger partial charge in [-0.05, 0) is 28.7 Å². The predicted octanol–water partition coefficient (Wildman–Crippen LogP) is 3.55. The molecule has 2 aliphatic carbocycles. The summed E-state index contributed by atoms with van der Waals surface area (Å²) in [6.07, 6.45) is 14.7. The van der Waals surface area contributed by atoms with E-state index in [0.29, 0.717) is 0 Å². The van der Waals surface area contributed by atoms with Gasteiger partial charge in [-0.2, -0.15) is 0 Å². The van der Waals surface area contributed by atoms with E-state index in [0.717, 1.165) is 23.6 Å². The van der Waals surface area contributed by atoms with Gasteiger partial charge in [0.05, 0.1) is 0 Å². The molecule has 2 fully saturated rings. The fourth-order valence-corrected chi connectivity index (χ4v) is 4.27. The first-order valence-electron chi connectivity index (χ1n) is 6.98. The minimum atomic E-state index is 0. The van der Waals surface area contributed by atoms with Crippen LogP contribution in [0.5, 0.6) is 0 Å². The Balaban J connectivity index is 0.00000128. The second-order valence-electron chi connectivity index (χ2n) is 5.61. The van der Waals surface area contributed by atoms with Crippen LogP contribution in [0.3, 0.4) is 0 Å². The van der Waals surface area contributed by atoms with Crippen molar-refractivity contribution >= 4 is 22.6 Å². The second-order valence-corrected chi connectivity index (χ2v) is 5.92. The molecule has 2 saturated carbocycles. The molecule has 0 atom stereocenters. The van der Waals surface area contributed by atoms with Crippen molar-refractivity contribution in [2.24, 2.45) is 17.8 Å². The van der Waals surface area contributed by atoms with Gasteiger partial charge in [-0.15, -0.1) is 11.6 Å². The van der Waals surface area contributed by atoms with E-state index in [9.17, 15) is 0 Å². The highest BCUT2D eigenvalue weighted by atomic mass is 35.5. The van der Waals surface area contributed by atoms with Crippen molar-refractivity contribution in [3.8, 4) is 0 Å². The van der Waals surface area contributed by atoms with E-state index >= 15 is 0 Å². The van der Waals surface area contributed by atoms with E-state index in [1.807, 2.05) is 0 Å². The Kier molecular flexibility index (Phi) is 7.07. The molecule has 0 radical (unpaired) electrons. The number of hydrogen-bond donors (Lipinski definition) is 0. The molecule has 96 valence electrons. The average molecular weight is 261 g/mol. The lowest BCUT2D eigenvalue weighted by atomic mass is 9.70. The zero-order valence-electron chi connectivity index (χ0n) is 9.89. The van der Waals surface area contributed by atoms with Gasteiger partial charge >= 0.3 is 0 Å². The quantitative estimate of drug-likeness (QED) is 0.538. The zero-order valence-corrected chi connectivity index (χ0v) is 10.6. The van der Waals surface area contributed by atoms with Gasteiger partial charge in [-0.25, -0.2) is 0 Å². The number of rotatable bonds is 3. The van der Waals surface area contributed by atoms with Gasteiger partial charge in [0.15, 0.2) is 0 Å². The van der Waals surface area contributed by atoms with E-state index < -0.39 is 0 Å². The predicted molar refractivity (Wildman–Crippen MR) is 78.7 cm³/mol. The smallest absolute Gasteiger partial charge is 0.0257 e. The maximum absolute atomic E-state index is 6.23.